The maximum Gasteiger partial charge on any atom is 0.257 e. The van der Waals surface area contributed by atoms with Crippen molar-refractivity contribution in [3.63, 3.8) is 0 Å². The first-order valence-corrected chi connectivity index (χ1v) is 8.36. The molecule has 3 nitrogen and oxygen atoms in total. The first kappa shape index (κ1) is 15.3. The van der Waals surface area contributed by atoms with Crippen molar-refractivity contribution in [3.05, 3.63) is 69.3 Å². The number of rotatable bonds is 1. The molecule has 1 aliphatic rings. The molecule has 1 aliphatic heterocycles. The Morgan fingerprint density at radius 2 is 2.04 bits per heavy atom. The summed E-state index contributed by atoms with van der Waals surface area (Å²) < 4.78 is 28.2. The third-order valence-electron chi connectivity index (χ3n) is 4.41. The van der Waals surface area contributed by atoms with Gasteiger partial charge in [-0.3, -0.25) is 4.79 Å². The second-order valence-electron chi connectivity index (χ2n) is 5.85. The van der Waals surface area contributed by atoms with Gasteiger partial charge in [0.1, 0.15) is 11.6 Å². The van der Waals surface area contributed by atoms with Crippen molar-refractivity contribution >= 4 is 32.7 Å². The highest BCUT2D eigenvalue weighted by Gasteiger charge is 2.26. The molecule has 1 N–H and O–H groups in total. The summed E-state index contributed by atoms with van der Waals surface area (Å²) in [5.74, 6) is -1.80. The van der Waals surface area contributed by atoms with Crippen molar-refractivity contribution in [2.24, 2.45) is 0 Å². The lowest BCUT2D eigenvalue weighted by atomic mass is 10.0. The van der Waals surface area contributed by atoms with Gasteiger partial charge in [-0.1, -0.05) is 12.1 Å². The van der Waals surface area contributed by atoms with Gasteiger partial charge in [-0.05, 0) is 40.2 Å². The Morgan fingerprint density at radius 1 is 1.21 bits per heavy atom. The van der Waals surface area contributed by atoms with Gasteiger partial charge in [-0.25, -0.2) is 8.78 Å². The maximum absolute atomic E-state index is 13.9. The zero-order valence-corrected chi connectivity index (χ0v) is 14.2. The van der Waals surface area contributed by atoms with Crippen molar-refractivity contribution in [2.45, 2.75) is 13.0 Å². The number of halogens is 3. The van der Waals surface area contributed by atoms with E-state index in [2.05, 4.69) is 20.9 Å². The summed E-state index contributed by atoms with van der Waals surface area (Å²) in [6.45, 7) is 0.840. The highest BCUT2D eigenvalue weighted by atomic mass is 79.9. The minimum absolute atomic E-state index is 0.223. The fourth-order valence-electron chi connectivity index (χ4n) is 3.21. The number of benzene rings is 2. The van der Waals surface area contributed by atoms with Crippen molar-refractivity contribution < 1.29 is 13.6 Å². The summed E-state index contributed by atoms with van der Waals surface area (Å²) in [6.07, 6.45) is 0.652. The number of aromatic amines is 1. The van der Waals surface area contributed by atoms with E-state index in [4.69, 9.17) is 0 Å². The minimum atomic E-state index is -0.700. The second kappa shape index (κ2) is 5.70. The summed E-state index contributed by atoms with van der Waals surface area (Å²) in [6, 6.07) is 8.84. The average Bonchev–Trinajstić information content (AvgIpc) is 2.96. The molecule has 24 heavy (non-hydrogen) atoms. The molecule has 0 atom stereocenters. The molecule has 3 aromatic rings. The van der Waals surface area contributed by atoms with E-state index in [-0.39, 0.29) is 5.56 Å². The summed E-state index contributed by atoms with van der Waals surface area (Å²) >= 11 is 3.52. The largest absolute Gasteiger partial charge is 0.357 e. The lowest BCUT2D eigenvalue weighted by Gasteiger charge is -2.27. The van der Waals surface area contributed by atoms with E-state index >= 15 is 0 Å². The number of H-pyrrole nitrogens is 1. The topological polar surface area (TPSA) is 36.1 Å². The van der Waals surface area contributed by atoms with Crippen molar-refractivity contribution in [1.29, 1.82) is 0 Å². The second-order valence-corrected chi connectivity index (χ2v) is 6.70. The fraction of sp³-hybridized carbons (Fsp3) is 0.167. The van der Waals surface area contributed by atoms with Crippen LogP contribution >= 0.6 is 15.9 Å². The molecule has 122 valence electrons. The van der Waals surface area contributed by atoms with Gasteiger partial charge in [0.15, 0.2) is 0 Å². The molecule has 0 spiro atoms. The van der Waals surface area contributed by atoms with Crippen molar-refractivity contribution in [1.82, 2.24) is 9.88 Å². The molecule has 0 aliphatic carbocycles. The van der Waals surface area contributed by atoms with Crippen molar-refractivity contribution in [2.75, 3.05) is 6.54 Å². The van der Waals surface area contributed by atoms with Crippen LogP contribution in [0.15, 0.2) is 40.9 Å². The van der Waals surface area contributed by atoms with Crippen LogP contribution < -0.4 is 0 Å². The quantitative estimate of drug-likeness (QED) is 0.656. The predicted molar refractivity (Wildman–Crippen MR) is 90.8 cm³/mol. The monoisotopic (exact) mass is 390 g/mol. The van der Waals surface area contributed by atoms with Crippen LogP contribution in [0, 0.1) is 11.6 Å². The van der Waals surface area contributed by atoms with Crippen LogP contribution in [0.25, 0.3) is 10.9 Å². The Bertz CT molecular complexity index is 967. The maximum atomic E-state index is 13.9. The van der Waals surface area contributed by atoms with E-state index in [9.17, 15) is 13.6 Å². The number of carbonyl (C=O) groups excluding carboxylic acids is 1. The SMILES string of the molecule is O=C(c1cc(F)ccc1F)N1CCc2[nH]c3c(Br)cccc3c2C1. The number of nitrogens with one attached hydrogen (secondary N) is 1. The van der Waals surface area contributed by atoms with Crippen LogP contribution in [0.2, 0.25) is 0 Å². The molecule has 2 aromatic carbocycles. The number of nitrogens with zero attached hydrogens (tertiary/aromatic N) is 1. The molecule has 0 unspecified atom stereocenters. The van der Waals surface area contributed by atoms with Crippen molar-refractivity contribution in [3.8, 4) is 0 Å². The molecule has 1 aromatic heterocycles. The molecule has 0 fully saturated rings. The number of fused-ring (bicyclic) bond motifs is 3. The van der Waals surface area contributed by atoms with Gasteiger partial charge in [0, 0.05) is 40.6 Å². The Balaban J connectivity index is 1.71. The van der Waals surface area contributed by atoms with Crippen LogP contribution in [-0.2, 0) is 13.0 Å². The Morgan fingerprint density at radius 3 is 2.88 bits per heavy atom. The lowest BCUT2D eigenvalue weighted by molar-refractivity contribution is 0.0729. The molecule has 6 heteroatoms. The van der Waals surface area contributed by atoms with Gasteiger partial charge in [-0.2, -0.15) is 0 Å². The Labute approximate surface area is 145 Å². The van der Waals surface area contributed by atoms with Gasteiger partial charge in [0.05, 0.1) is 11.1 Å². The summed E-state index contributed by atoms with van der Waals surface area (Å²) in [5, 5.41) is 1.04. The zero-order valence-electron chi connectivity index (χ0n) is 12.6. The van der Waals surface area contributed by atoms with Gasteiger partial charge in [-0.15, -0.1) is 0 Å². The normalized spacial score (nSPS) is 14.0. The van der Waals surface area contributed by atoms with Crippen LogP contribution in [0.5, 0.6) is 0 Å². The molecule has 0 radical (unpaired) electrons. The van der Waals surface area contributed by atoms with E-state index in [0.717, 1.165) is 44.8 Å². The predicted octanol–water partition coefficient (Wildman–Crippen LogP) is 4.41. The van der Waals surface area contributed by atoms with E-state index in [1.165, 1.54) is 0 Å². The molecule has 0 saturated heterocycles. The third-order valence-corrected chi connectivity index (χ3v) is 5.07. The lowest BCUT2D eigenvalue weighted by Crippen LogP contribution is -2.36. The van der Waals surface area contributed by atoms with E-state index < -0.39 is 17.5 Å². The molecule has 2 heterocycles. The molecular weight excluding hydrogens is 378 g/mol. The molecule has 4 rings (SSSR count). The van der Waals surface area contributed by atoms with Crippen LogP contribution in [-0.4, -0.2) is 22.3 Å². The number of amides is 1. The van der Waals surface area contributed by atoms with Gasteiger partial charge < -0.3 is 9.88 Å². The van der Waals surface area contributed by atoms with Gasteiger partial charge in [0.2, 0.25) is 0 Å². The average molecular weight is 391 g/mol. The smallest absolute Gasteiger partial charge is 0.257 e. The molecule has 0 saturated carbocycles. The van der Waals surface area contributed by atoms with E-state index in [0.29, 0.717) is 19.5 Å². The number of para-hydroxylation sites is 1. The molecular formula is C18H13BrF2N2O. The van der Waals surface area contributed by atoms with E-state index in [1.54, 1.807) is 4.90 Å². The number of aromatic nitrogens is 1. The summed E-state index contributed by atoms with van der Waals surface area (Å²) in [5.41, 5.74) is 2.89. The highest BCUT2D eigenvalue weighted by Crippen LogP contribution is 2.32. The highest BCUT2D eigenvalue weighted by molar-refractivity contribution is 9.10. The minimum Gasteiger partial charge on any atom is -0.357 e. The Kier molecular flexibility index (Phi) is 3.64. The number of hydrogen-bond acceptors (Lipinski definition) is 1. The zero-order chi connectivity index (χ0) is 16.8. The first-order chi connectivity index (χ1) is 11.5. The van der Waals surface area contributed by atoms with Crippen LogP contribution in [0.3, 0.4) is 0 Å². The fourth-order valence-corrected chi connectivity index (χ4v) is 3.67. The standard InChI is InChI=1S/C18H13BrF2N2O/c19-14-3-1-2-11-13-9-23(7-6-16(13)22-17(11)14)18(24)12-8-10(20)4-5-15(12)21/h1-5,8,22H,6-7,9H2. The first-order valence-electron chi connectivity index (χ1n) is 7.57. The molecule has 0 bridgehead atoms. The molecule has 1 amide bonds. The van der Waals surface area contributed by atoms with E-state index in [1.807, 2.05) is 18.2 Å². The number of carbonyl (C=O) groups is 1. The Hall–Kier alpha value is -2.21. The summed E-state index contributed by atoms with van der Waals surface area (Å²) in [4.78, 5) is 17.6. The third kappa shape index (κ3) is 2.41. The van der Waals surface area contributed by atoms with Gasteiger partial charge >= 0.3 is 0 Å². The van der Waals surface area contributed by atoms with Crippen LogP contribution in [0.1, 0.15) is 21.6 Å². The van der Waals surface area contributed by atoms with Gasteiger partial charge in [0.25, 0.3) is 5.91 Å². The van der Waals surface area contributed by atoms with Crippen LogP contribution in [0.4, 0.5) is 8.78 Å². The summed E-state index contributed by atoms with van der Waals surface area (Å²) in [7, 11) is 0. The number of hydrogen-bond donors (Lipinski definition) is 1.